The topological polar surface area (TPSA) is 130 Å². The molecular formula is C17H19N3O6S. The summed E-state index contributed by atoms with van der Waals surface area (Å²) >= 11 is 0. The molecule has 2 aromatic rings. The molecule has 0 saturated heterocycles. The van der Waals surface area contributed by atoms with Gasteiger partial charge in [-0.1, -0.05) is 0 Å². The van der Waals surface area contributed by atoms with E-state index in [9.17, 15) is 28.4 Å². The van der Waals surface area contributed by atoms with Crippen LogP contribution in [0, 0.1) is 10.1 Å². The van der Waals surface area contributed by atoms with Crippen molar-refractivity contribution in [1.82, 2.24) is 4.90 Å². The van der Waals surface area contributed by atoms with Crippen LogP contribution in [0.1, 0.15) is 24.2 Å². The van der Waals surface area contributed by atoms with Gasteiger partial charge in [0, 0.05) is 30.4 Å². The number of amides is 1. The number of hydrogen-bond acceptors (Lipinski definition) is 6. The van der Waals surface area contributed by atoms with Crippen LogP contribution in [-0.2, 0) is 10.0 Å². The van der Waals surface area contributed by atoms with E-state index in [1.165, 1.54) is 24.3 Å². The number of nitrogens with one attached hydrogen (secondary N) is 1. The zero-order chi connectivity index (χ0) is 20.2. The fourth-order valence-corrected chi connectivity index (χ4v) is 3.48. The van der Waals surface area contributed by atoms with Crippen molar-refractivity contribution in [1.29, 1.82) is 0 Å². The molecule has 2 rings (SSSR count). The smallest absolute Gasteiger partial charge is 0.312 e. The third-order valence-corrected chi connectivity index (χ3v) is 5.27. The number of carbonyl (C=O) groups excluding carboxylic acids is 1. The molecule has 0 bridgehead atoms. The lowest BCUT2D eigenvalue weighted by molar-refractivity contribution is -0.386. The van der Waals surface area contributed by atoms with Crippen LogP contribution in [0.15, 0.2) is 47.4 Å². The zero-order valence-corrected chi connectivity index (χ0v) is 15.6. The largest absolute Gasteiger partial charge is 0.502 e. The molecule has 0 radical (unpaired) electrons. The number of nitro benzene ring substituents is 1. The summed E-state index contributed by atoms with van der Waals surface area (Å²) in [6.45, 7) is 4.84. The Labute approximate surface area is 156 Å². The van der Waals surface area contributed by atoms with Gasteiger partial charge in [-0.2, -0.15) is 0 Å². The van der Waals surface area contributed by atoms with E-state index in [1.807, 2.05) is 13.8 Å². The molecule has 0 atom stereocenters. The Morgan fingerprint density at radius 1 is 1.15 bits per heavy atom. The van der Waals surface area contributed by atoms with E-state index in [1.54, 1.807) is 4.90 Å². The third kappa shape index (κ3) is 4.53. The molecule has 0 aromatic heterocycles. The molecule has 0 aliphatic carbocycles. The summed E-state index contributed by atoms with van der Waals surface area (Å²) in [5.41, 5.74) is -0.0956. The maximum atomic E-state index is 12.4. The molecule has 9 nitrogen and oxygen atoms in total. The fourth-order valence-electron chi connectivity index (χ4n) is 2.40. The molecule has 2 aromatic carbocycles. The molecule has 144 valence electrons. The molecular weight excluding hydrogens is 374 g/mol. The molecule has 0 aliphatic heterocycles. The van der Waals surface area contributed by atoms with Gasteiger partial charge in [-0.15, -0.1) is 0 Å². The standard InChI is InChI=1S/C17H19N3O6S/c1-3-19(4-2)17(22)12-5-7-13(8-6-12)18-27(25,26)14-9-10-16(21)15(11-14)20(23)24/h5-11,18,21H,3-4H2,1-2H3. The van der Waals surface area contributed by atoms with Gasteiger partial charge in [0.15, 0.2) is 5.75 Å². The summed E-state index contributed by atoms with van der Waals surface area (Å²) in [7, 11) is -4.11. The number of nitrogens with zero attached hydrogens (tertiary/aromatic N) is 2. The van der Waals surface area contributed by atoms with Crippen molar-refractivity contribution in [3.63, 3.8) is 0 Å². The van der Waals surface area contributed by atoms with Gasteiger partial charge in [-0.3, -0.25) is 19.6 Å². The average Bonchev–Trinajstić information content (AvgIpc) is 2.62. The first-order chi connectivity index (χ1) is 12.7. The minimum absolute atomic E-state index is 0.163. The first-order valence-corrected chi connectivity index (χ1v) is 9.57. The lowest BCUT2D eigenvalue weighted by Gasteiger charge is -2.18. The highest BCUT2D eigenvalue weighted by atomic mass is 32.2. The molecule has 1 amide bonds. The van der Waals surface area contributed by atoms with Crippen LogP contribution < -0.4 is 4.72 Å². The van der Waals surface area contributed by atoms with E-state index >= 15 is 0 Å². The van der Waals surface area contributed by atoms with Crippen molar-refractivity contribution in [2.24, 2.45) is 0 Å². The van der Waals surface area contributed by atoms with Crippen molar-refractivity contribution in [2.45, 2.75) is 18.7 Å². The average molecular weight is 393 g/mol. The SMILES string of the molecule is CCN(CC)C(=O)c1ccc(NS(=O)(=O)c2ccc(O)c([N+](=O)[O-])c2)cc1. The van der Waals surface area contributed by atoms with Crippen LogP contribution in [0.3, 0.4) is 0 Å². The van der Waals surface area contributed by atoms with Gasteiger partial charge in [0.2, 0.25) is 0 Å². The van der Waals surface area contributed by atoms with Gasteiger partial charge in [0.05, 0.1) is 9.82 Å². The Bertz CT molecular complexity index is 953. The van der Waals surface area contributed by atoms with Crippen molar-refractivity contribution in [3.05, 3.63) is 58.1 Å². The molecule has 0 spiro atoms. The van der Waals surface area contributed by atoms with E-state index < -0.39 is 26.4 Å². The Morgan fingerprint density at radius 2 is 1.74 bits per heavy atom. The normalized spacial score (nSPS) is 11.0. The van der Waals surface area contributed by atoms with Gasteiger partial charge in [0.1, 0.15) is 0 Å². The minimum atomic E-state index is -4.11. The Morgan fingerprint density at radius 3 is 2.26 bits per heavy atom. The highest BCUT2D eigenvalue weighted by molar-refractivity contribution is 7.92. The minimum Gasteiger partial charge on any atom is -0.502 e. The summed E-state index contributed by atoms with van der Waals surface area (Å²) in [4.78, 5) is 23.5. The summed E-state index contributed by atoms with van der Waals surface area (Å²) in [5.74, 6) is -0.790. The van der Waals surface area contributed by atoms with Crippen LogP contribution in [0.4, 0.5) is 11.4 Å². The number of hydrogen-bond donors (Lipinski definition) is 2. The number of sulfonamides is 1. The van der Waals surface area contributed by atoms with E-state index in [0.717, 1.165) is 18.2 Å². The van der Waals surface area contributed by atoms with E-state index in [4.69, 9.17) is 0 Å². The number of anilines is 1. The zero-order valence-electron chi connectivity index (χ0n) is 14.7. The molecule has 0 fully saturated rings. The van der Waals surface area contributed by atoms with Crippen LogP contribution >= 0.6 is 0 Å². The molecule has 0 aliphatic rings. The number of phenols is 1. The van der Waals surface area contributed by atoms with Gasteiger partial charge >= 0.3 is 5.69 Å². The summed E-state index contributed by atoms with van der Waals surface area (Å²) in [6.07, 6.45) is 0. The van der Waals surface area contributed by atoms with Gasteiger partial charge in [-0.25, -0.2) is 8.42 Å². The number of carbonyl (C=O) groups is 1. The number of benzene rings is 2. The molecule has 2 N–H and O–H groups in total. The van der Waals surface area contributed by atoms with Gasteiger partial charge < -0.3 is 10.0 Å². The second-order valence-corrected chi connectivity index (χ2v) is 7.25. The second-order valence-electron chi connectivity index (χ2n) is 5.57. The quantitative estimate of drug-likeness (QED) is 0.549. The predicted octanol–water partition coefficient (Wildman–Crippen LogP) is 2.58. The monoisotopic (exact) mass is 393 g/mol. The van der Waals surface area contributed by atoms with Crippen LogP contribution in [0.25, 0.3) is 0 Å². The second kappa shape index (κ2) is 8.04. The van der Waals surface area contributed by atoms with Crippen molar-refractivity contribution in [3.8, 4) is 5.75 Å². The lowest BCUT2D eigenvalue weighted by Crippen LogP contribution is -2.30. The fraction of sp³-hybridized carbons (Fsp3) is 0.235. The highest BCUT2D eigenvalue weighted by Gasteiger charge is 2.21. The Balaban J connectivity index is 2.25. The molecule has 0 unspecified atom stereocenters. The first-order valence-electron chi connectivity index (χ1n) is 8.09. The molecule has 27 heavy (non-hydrogen) atoms. The van der Waals surface area contributed by atoms with Crippen LogP contribution in [0.5, 0.6) is 5.75 Å². The maximum Gasteiger partial charge on any atom is 0.312 e. The number of nitro groups is 1. The van der Waals surface area contributed by atoms with Gasteiger partial charge in [0.25, 0.3) is 15.9 Å². The van der Waals surface area contributed by atoms with Crippen LogP contribution in [-0.4, -0.2) is 42.3 Å². The highest BCUT2D eigenvalue weighted by Crippen LogP contribution is 2.29. The first kappa shape index (κ1) is 20.2. The van der Waals surface area contributed by atoms with Gasteiger partial charge in [-0.05, 0) is 50.2 Å². The third-order valence-electron chi connectivity index (χ3n) is 3.89. The summed E-state index contributed by atoms with van der Waals surface area (Å²) in [5, 5.41) is 20.3. The molecule has 0 saturated carbocycles. The molecule has 10 heteroatoms. The van der Waals surface area contributed by atoms with Crippen molar-refractivity contribution >= 4 is 27.3 Å². The lowest BCUT2D eigenvalue weighted by atomic mass is 10.2. The summed E-state index contributed by atoms with van der Waals surface area (Å²) < 4.78 is 27.1. The predicted molar refractivity (Wildman–Crippen MR) is 99.3 cm³/mol. The molecule has 0 heterocycles. The Kier molecular flexibility index (Phi) is 6.01. The Hall–Kier alpha value is -3.14. The van der Waals surface area contributed by atoms with Crippen molar-refractivity contribution < 1.29 is 23.2 Å². The summed E-state index contributed by atoms with van der Waals surface area (Å²) in [6, 6.07) is 8.64. The number of phenolic OH excluding ortho intramolecular Hbond substituents is 1. The maximum absolute atomic E-state index is 12.4. The number of rotatable bonds is 7. The van der Waals surface area contributed by atoms with E-state index in [2.05, 4.69) is 4.72 Å². The number of aromatic hydroxyl groups is 1. The van der Waals surface area contributed by atoms with Crippen LogP contribution in [0.2, 0.25) is 0 Å². The van der Waals surface area contributed by atoms with E-state index in [0.29, 0.717) is 18.7 Å². The van der Waals surface area contributed by atoms with E-state index in [-0.39, 0.29) is 16.5 Å². The van der Waals surface area contributed by atoms with Crippen molar-refractivity contribution in [2.75, 3.05) is 17.8 Å².